The SMILES string of the molecule is C1=C\C=C2\N=C3CN2c2ncn/c(c2=N3)=N/c2ccccc2O/C=C/1. The molecule has 0 atom stereocenters. The highest BCUT2D eigenvalue weighted by atomic mass is 16.5. The second-order valence-corrected chi connectivity index (χ2v) is 5.53. The highest BCUT2D eigenvalue weighted by molar-refractivity contribution is 5.94. The van der Waals surface area contributed by atoms with Gasteiger partial charge in [0.25, 0.3) is 0 Å². The molecule has 0 saturated carbocycles. The fraction of sp³-hybridized carbons (Fsp3) is 0.0556. The number of allylic oxidation sites excluding steroid dienone is 4. The van der Waals surface area contributed by atoms with Crippen molar-refractivity contribution in [3.63, 3.8) is 0 Å². The second-order valence-electron chi connectivity index (χ2n) is 5.53. The molecule has 4 heterocycles. The second kappa shape index (κ2) is 5.48. The van der Waals surface area contributed by atoms with Gasteiger partial charge in [0.2, 0.25) is 0 Å². The molecule has 2 aromatic rings. The Balaban J connectivity index is 1.83. The lowest BCUT2D eigenvalue weighted by atomic mass is 10.3. The molecule has 1 aromatic carbocycles. The van der Waals surface area contributed by atoms with E-state index in [4.69, 9.17) is 4.74 Å². The minimum Gasteiger partial charge on any atom is -0.463 e. The molecule has 1 aromatic heterocycles. The first-order valence-corrected chi connectivity index (χ1v) is 7.81. The summed E-state index contributed by atoms with van der Waals surface area (Å²) < 4.78 is 5.69. The number of para-hydroxylation sites is 2. The summed E-state index contributed by atoms with van der Waals surface area (Å²) in [6.45, 7) is 0.610. The summed E-state index contributed by atoms with van der Waals surface area (Å²) in [4.78, 5) is 24.5. The molecule has 0 radical (unpaired) electrons. The summed E-state index contributed by atoms with van der Waals surface area (Å²) in [5.41, 5.74) is 1.17. The van der Waals surface area contributed by atoms with E-state index in [0.717, 1.165) is 11.7 Å². The van der Waals surface area contributed by atoms with Crippen LogP contribution in [0.15, 0.2) is 82.0 Å². The molecule has 5 rings (SSSR count). The Morgan fingerprint density at radius 1 is 0.960 bits per heavy atom. The molecule has 0 spiro atoms. The Labute approximate surface area is 142 Å². The monoisotopic (exact) mass is 328 g/mol. The molecule has 120 valence electrons. The minimum absolute atomic E-state index is 0.497. The number of anilines is 1. The van der Waals surface area contributed by atoms with Gasteiger partial charge in [0.15, 0.2) is 28.2 Å². The fourth-order valence-corrected chi connectivity index (χ4v) is 2.82. The van der Waals surface area contributed by atoms with Crippen molar-refractivity contribution in [1.29, 1.82) is 0 Å². The Kier molecular flexibility index (Phi) is 3.03. The van der Waals surface area contributed by atoms with Crippen LogP contribution in [0.2, 0.25) is 0 Å². The molecule has 0 fully saturated rings. The van der Waals surface area contributed by atoms with E-state index in [1.54, 1.807) is 6.26 Å². The standard InChI is InChI=1S/C18H12N6O/c1-2-8-15-22-14-10-24(15)18-16(23-14)17(19-11-20-18)21-12-6-3-4-7-13(12)25-9-5-1/h1-9,11H,10H2/b2-1-,9-5+,15-8-,21-17+. The molecule has 0 aliphatic carbocycles. The van der Waals surface area contributed by atoms with E-state index in [2.05, 4.69) is 24.9 Å². The molecule has 7 nitrogen and oxygen atoms in total. The number of nitrogens with zero attached hydrogens (tertiary/aromatic N) is 6. The lowest BCUT2D eigenvalue weighted by Crippen LogP contribution is -2.41. The van der Waals surface area contributed by atoms with Gasteiger partial charge in [0.1, 0.15) is 17.8 Å². The van der Waals surface area contributed by atoms with Crippen LogP contribution in [0.4, 0.5) is 11.5 Å². The van der Waals surface area contributed by atoms with Crippen molar-refractivity contribution >= 4 is 17.3 Å². The van der Waals surface area contributed by atoms with Gasteiger partial charge in [-0.3, -0.25) is 0 Å². The quantitative estimate of drug-likeness (QED) is 0.736. The van der Waals surface area contributed by atoms with Crippen LogP contribution >= 0.6 is 0 Å². The Morgan fingerprint density at radius 2 is 1.92 bits per heavy atom. The van der Waals surface area contributed by atoms with Crippen molar-refractivity contribution in [3.8, 4) is 5.75 Å². The van der Waals surface area contributed by atoms with E-state index in [1.165, 1.54) is 6.33 Å². The van der Waals surface area contributed by atoms with E-state index in [1.807, 2.05) is 53.5 Å². The van der Waals surface area contributed by atoms with Gasteiger partial charge in [0.05, 0.1) is 12.8 Å². The predicted molar refractivity (Wildman–Crippen MR) is 92.2 cm³/mol. The number of hydrogen-bond acceptors (Lipinski definition) is 7. The van der Waals surface area contributed by atoms with Crippen LogP contribution in [-0.2, 0) is 0 Å². The Morgan fingerprint density at radius 3 is 2.92 bits per heavy atom. The van der Waals surface area contributed by atoms with Crippen LogP contribution in [0.5, 0.6) is 5.75 Å². The molecule has 25 heavy (non-hydrogen) atoms. The summed E-state index contributed by atoms with van der Waals surface area (Å²) in [5.74, 6) is 2.88. The van der Waals surface area contributed by atoms with E-state index < -0.39 is 0 Å². The first kappa shape index (κ1) is 13.8. The lowest BCUT2D eigenvalue weighted by molar-refractivity contribution is 0.482. The van der Waals surface area contributed by atoms with E-state index in [-0.39, 0.29) is 0 Å². The normalized spacial score (nSPS) is 22.9. The zero-order valence-electron chi connectivity index (χ0n) is 13.1. The average molecular weight is 328 g/mol. The van der Waals surface area contributed by atoms with Crippen LogP contribution in [0, 0.1) is 0 Å². The van der Waals surface area contributed by atoms with Crippen molar-refractivity contribution in [2.45, 2.75) is 0 Å². The van der Waals surface area contributed by atoms with Gasteiger partial charge in [-0.15, -0.1) is 0 Å². The van der Waals surface area contributed by atoms with Crippen LogP contribution < -0.4 is 20.5 Å². The summed E-state index contributed by atoms with van der Waals surface area (Å²) in [7, 11) is 0. The third kappa shape index (κ3) is 2.33. The van der Waals surface area contributed by atoms with Crippen molar-refractivity contribution in [1.82, 2.24) is 9.97 Å². The summed E-state index contributed by atoms with van der Waals surface area (Å²) in [6, 6.07) is 7.54. The third-order valence-electron chi connectivity index (χ3n) is 3.93. The molecular formula is C18H12N6O. The number of fused-ring (bicyclic) bond motifs is 2. The van der Waals surface area contributed by atoms with Gasteiger partial charge in [-0.2, -0.15) is 0 Å². The Hall–Kier alpha value is -3.61. The lowest BCUT2D eigenvalue weighted by Gasteiger charge is -2.18. The number of aromatic nitrogens is 2. The van der Waals surface area contributed by atoms with Crippen LogP contribution in [0.25, 0.3) is 0 Å². The molecule has 0 saturated heterocycles. The topological polar surface area (TPSA) is 75.3 Å². The fourth-order valence-electron chi connectivity index (χ4n) is 2.82. The van der Waals surface area contributed by atoms with E-state index >= 15 is 0 Å². The molecular weight excluding hydrogens is 316 g/mol. The maximum Gasteiger partial charge on any atom is 0.184 e. The maximum absolute atomic E-state index is 5.69. The van der Waals surface area contributed by atoms with Gasteiger partial charge >= 0.3 is 0 Å². The average Bonchev–Trinajstić information content (AvgIpc) is 2.96. The van der Waals surface area contributed by atoms with Gasteiger partial charge in [-0.25, -0.2) is 24.9 Å². The summed E-state index contributed by atoms with van der Waals surface area (Å²) in [5, 5.41) is 0.627. The molecule has 0 unspecified atom stereocenters. The van der Waals surface area contributed by atoms with Crippen molar-refractivity contribution < 1.29 is 4.74 Å². The number of ether oxygens (including phenoxy) is 1. The van der Waals surface area contributed by atoms with Crippen LogP contribution in [-0.4, -0.2) is 22.3 Å². The van der Waals surface area contributed by atoms with Gasteiger partial charge < -0.3 is 9.64 Å². The first-order chi connectivity index (χ1) is 12.4. The number of benzene rings is 1. The zero-order valence-corrected chi connectivity index (χ0v) is 13.1. The molecule has 0 amide bonds. The number of amidine groups is 1. The highest BCUT2D eigenvalue weighted by Crippen LogP contribution is 2.27. The molecule has 3 aliphatic heterocycles. The number of aliphatic imine (C=N–C) groups is 1. The van der Waals surface area contributed by atoms with Gasteiger partial charge in [-0.1, -0.05) is 24.3 Å². The number of hydrogen-bond donors (Lipinski definition) is 0. The summed E-state index contributed by atoms with van der Waals surface area (Å²) in [6.07, 6.45) is 10.6. The van der Waals surface area contributed by atoms with Gasteiger partial charge in [0, 0.05) is 0 Å². The predicted octanol–water partition coefficient (Wildman–Crippen LogP) is 1.58. The summed E-state index contributed by atoms with van der Waals surface area (Å²) >= 11 is 0. The molecule has 7 heteroatoms. The smallest absolute Gasteiger partial charge is 0.184 e. The van der Waals surface area contributed by atoms with Crippen LogP contribution in [0.1, 0.15) is 0 Å². The van der Waals surface area contributed by atoms with Gasteiger partial charge in [-0.05, 0) is 24.3 Å². The van der Waals surface area contributed by atoms with Crippen molar-refractivity contribution in [2.24, 2.45) is 15.0 Å². The maximum atomic E-state index is 5.69. The van der Waals surface area contributed by atoms with Crippen molar-refractivity contribution in [3.05, 3.63) is 77.8 Å². The first-order valence-electron chi connectivity index (χ1n) is 7.81. The number of rotatable bonds is 0. The largest absolute Gasteiger partial charge is 0.463 e. The third-order valence-corrected chi connectivity index (χ3v) is 3.93. The minimum atomic E-state index is 0.497. The van der Waals surface area contributed by atoms with Crippen molar-refractivity contribution in [2.75, 3.05) is 11.4 Å². The van der Waals surface area contributed by atoms with E-state index in [9.17, 15) is 0 Å². The van der Waals surface area contributed by atoms with E-state index in [0.29, 0.717) is 34.6 Å². The van der Waals surface area contributed by atoms with Crippen LogP contribution in [0.3, 0.4) is 0 Å². The Bertz CT molecular complexity index is 1110. The molecule has 3 aliphatic rings. The zero-order chi connectivity index (χ0) is 16.6. The molecule has 5 bridgehead atoms. The highest BCUT2D eigenvalue weighted by Gasteiger charge is 2.28. The molecule has 0 N–H and O–H groups in total.